The zero-order chi connectivity index (χ0) is 17.4. The summed E-state index contributed by atoms with van der Waals surface area (Å²) in [6.07, 6.45) is -0.901. The van der Waals surface area contributed by atoms with E-state index in [0.29, 0.717) is 22.8 Å². The molecule has 6 nitrogen and oxygen atoms in total. The van der Waals surface area contributed by atoms with Crippen LogP contribution in [0.3, 0.4) is 0 Å². The molecule has 2 aromatic rings. The molecule has 3 rings (SSSR count). The van der Waals surface area contributed by atoms with Crippen LogP contribution in [0.4, 0.5) is 0 Å². The fourth-order valence-corrected chi connectivity index (χ4v) is 3.18. The number of methoxy groups -OCH3 is 3. The third-order valence-electron chi connectivity index (χ3n) is 4.26. The lowest BCUT2D eigenvalue weighted by atomic mass is 9.96. The molecule has 0 unspecified atom stereocenters. The summed E-state index contributed by atoms with van der Waals surface area (Å²) in [4.78, 5) is 13.1. The van der Waals surface area contributed by atoms with Crippen molar-refractivity contribution in [2.75, 3.05) is 21.3 Å². The molecule has 0 radical (unpaired) electrons. The number of carbonyl (C=O) groups is 1. The number of phenols is 1. The molecule has 0 aliphatic heterocycles. The van der Waals surface area contributed by atoms with Crippen LogP contribution in [0, 0.1) is 0 Å². The number of benzene rings is 2. The van der Waals surface area contributed by atoms with Crippen LogP contribution < -0.4 is 14.2 Å². The number of aliphatic hydroxyl groups is 1. The van der Waals surface area contributed by atoms with Gasteiger partial charge in [-0.15, -0.1) is 0 Å². The second-order valence-electron chi connectivity index (χ2n) is 5.45. The smallest absolute Gasteiger partial charge is 0.201 e. The van der Waals surface area contributed by atoms with E-state index >= 15 is 0 Å². The number of fused-ring (bicyclic) bond motifs is 2. The summed E-state index contributed by atoms with van der Waals surface area (Å²) in [5.74, 6) is 0.521. The molecule has 0 heterocycles. The molecule has 1 aliphatic rings. The Hall–Kier alpha value is -2.73. The molecule has 1 atom stereocenters. The van der Waals surface area contributed by atoms with E-state index in [-0.39, 0.29) is 28.9 Å². The minimum absolute atomic E-state index is 0.0205. The first kappa shape index (κ1) is 16.1. The van der Waals surface area contributed by atoms with E-state index < -0.39 is 11.9 Å². The molecule has 0 amide bonds. The Balaban J connectivity index is 2.37. The van der Waals surface area contributed by atoms with Crippen molar-refractivity contribution in [3.63, 3.8) is 0 Å². The summed E-state index contributed by atoms with van der Waals surface area (Å²) < 4.78 is 15.9. The van der Waals surface area contributed by atoms with Gasteiger partial charge in [0.1, 0.15) is 23.0 Å². The van der Waals surface area contributed by atoms with Gasteiger partial charge in [-0.05, 0) is 24.3 Å². The normalized spacial score (nSPS) is 16.0. The minimum Gasteiger partial charge on any atom is -0.507 e. The second kappa shape index (κ2) is 6.05. The average Bonchev–Trinajstić information content (AvgIpc) is 2.71. The van der Waals surface area contributed by atoms with Gasteiger partial charge in [0.05, 0.1) is 38.6 Å². The topological polar surface area (TPSA) is 85.2 Å². The van der Waals surface area contributed by atoms with Crippen LogP contribution in [0.15, 0.2) is 24.3 Å². The zero-order valence-corrected chi connectivity index (χ0v) is 13.6. The highest BCUT2D eigenvalue weighted by Crippen LogP contribution is 2.44. The summed E-state index contributed by atoms with van der Waals surface area (Å²) in [7, 11) is 4.40. The van der Waals surface area contributed by atoms with Gasteiger partial charge >= 0.3 is 0 Å². The number of ketones is 1. The van der Waals surface area contributed by atoms with Gasteiger partial charge in [0, 0.05) is 17.5 Å². The molecular weight excluding hydrogens is 312 g/mol. The Morgan fingerprint density at radius 1 is 0.917 bits per heavy atom. The maximum absolute atomic E-state index is 13.1. The fraction of sp³-hybridized carbons (Fsp3) is 0.278. The quantitative estimate of drug-likeness (QED) is 0.898. The summed E-state index contributed by atoms with van der Waals surface area (Å²) in [5.41, 5.74) is 1.10. The highest BCUT2D eigenvalue weighted by molar-refractivity contribution is 6.15. The predicted octanol–water partition coefficient (Wildman–Crippen LogP) is 2.24. The van der Waals surface area contributed by atoms with Crippen LogP contribution in [-0.4, -0.2) is 37.3 Å². The molecule has 1 aliphatic carbocycles. The molecule has 24 heavy (non-hydrogen) atoms. The highest BCUT2D eigenvalue weighted by Gasteiger charge is 2.35. The average molecular weight is 330 g/mol. The molecule has 0 bridgehead atoms. The summed E-state index contributed by atoms with van der Waals surface area (Å²) in [6.45, 7) is 0. The van der Waals surface area contributed by atoms with Crippen molar-refractivity contribution in [3.05, 3.63) is 46.5 Å². The highest BCUT2D eigenvalue weighted by atomic mass is 16.5. The summed E-state index contributed by atoms with van der Waals surface area (Å²) >= 11 is 0. The summed E-state index contributed by atoms with van der Waals surface area (Å²) in [5, 5.41) is 20.9. The van der Waals surface area contributed by atoms with Crippen molar-refractivity contribution in [2.45, 2.75) is 12.5 Å². The third kappa shape index (κ3) is 2.27. The number of carbonyl (C=O) groups excluding carboxylic acids is 1. The first-order valence-corrected chi connectivity index (χ1v) is 7.39. The van der Waals surface area contributed by atoms with Gasteiger partial charge in [-0.2, -0.15) is 0 Å². The van der Waals surface area contributed by atoms with E-state index in [2.05, 4.69) is 0 Å². The lowest BCUT2D eigenvalue weighted by Crippen LogP contribution is -2.09. The molecule has 0 aromatic heterocycles. The third-order valence-corrected chi connectivity index (χ3v) is 4.26. The molecular formula is C18H18O6. The predicted molar refractivity (Wildman–Crippen MR) is 86.3 cm³/mol. The van der Waals surface area contributed by atoms with Gasteiger partial charge in [0.25, 0.3) is 0 Å². The van der Waals surface area contributed by atoms with E-state index in [1.165, 1.54) is 33.5 Å². The molecule has 0 fully saturated rings. The van der Waals surface area contributed by atoms with Gasteiger partial charge < -0.3 is 24.4 Å². The maximum atomic E-state index is 13.1. The Morgan fingerprint density at radius 3 is 2.12 bits per heavy atom. The number of hydrogen-bond acceptors (Lipinski definition) is 6. The van der Waals surface area contributed by atoms with Crippen LogP contribution in [0.1, 0.15) is 33.2 Å². The zero-order valence-electron chi connectivity index (χ0n) is 13.6. The van der Waals surface area contributed by atoms with Gasteiger partial charge in [-0.25, -0.2) is 0 Å². The lowest BCUT2D eigenvalue weighted by molar-refractivity contribution is 0.102. The molecule has 126 valence electrons. The molecule has 2 aromatic carbocycles. The Morgan fingerprint density at radius 2 is 1.50 bits per heavy atom. The van der Waals surface area contributed by atoms with Crippen molar-refractivity contribution in [1.29, 1.82) is 0 Å². The Bertz CT molecular complexity index is 812. The van der Waals surface area contributed by atoms with E-state index in [0.717, 1.165) is 0 Å². The van der Waals surface area contributed by atoms with E-state index in [4.69, 9.17) is 14.2 Å². The first-order chi connectivity index (χ1) is 11.5. The van der Waals surface area contributed by atoms with Crippen molar-refractivity contribution in [1.82, 2.24) is 0 Å². The Labute approximate surface area is 139 Å². The number of aliphatic hydroxyl groups excluding tert-OH is 1. The maximum Gasteiger partial charge on any atom is 0.201 e. The van der Waals surface area contributed by atoms with Gasteiger partial charge in [0.2, 0.25) is 5.78 Å². The van der Waals surface area contributed by atoms with E-state index in [9.17, 15) is 15.0 Å². The number of phenolic OH excluding ortho intramolecular Hbond substituents is 1. The molecule has 0 saturated carbocycles. The number of rotatable bonds is 3. The van der Waals surface area contributed by atoms with Crippen molar-refractivity contribution in [3.8, 4) is 23.0 Å². The van der Waals surface area contributed by atoms with Crippen LogP contribution in [0.25, 0.3) is 0 Å². The van der Waals surface area contributed by atoms with Crippen molar-refractivity contribution >= 4 is 5.78 Å². The van der Waals surface area contributed by atoms with Crippen molar-refractivity contribution in [2.24, 2.45) is 0 Å². The molecule has 0 spiro atoms. The van der Waals surface area contributed by atoms with Crippen molar-refractivity contribution < 1.29 is 29.2 Å². The molecule has 6 heteroatoms. The summed E-state index contributed by atoms with van der Waals surface area (Å²) in [6, 6.07) is 6.21. The van der Waals surface area contributed by atoms with Crippen LogP contribution in [-0.2, 0) is 6.42 Å². The standard InChI is InChI=1S/C18H18O6/c1-22-12-6-7-13(23-2)15-9(12)8-11(20)16-14(24-3)5-4-10(19)17(16)18(15)21/h4-7,11,19-20H,8H2,1-3H3/t11-/m1/s1. The molecule has 2 N–H and O–H groups in total. The van der Waals surface area contributed by atoms with Gasteiger partial charge in [-0.1, -0.05) is 0 Å². The Kier molecular flexibility index (Phi) is 4.07. The first-order valence-electron chi connectivity index (χ1n) is 7.39. The van der Waals surface area contributed by atoms with E-state index in [1.807, 2.05) is 0 Å². The lowest BCUT2D eigenvalue weighted by Gasteiger charge is -2.16. The monoisotopic (exact) mass is 330 g/mol. The molecule has 0 saturated heterocycles. The van der Waals surface area contributed by atoms with Crippen LogP contribution in [0.5, 0.6) is 23.0 Å². The number of hydrogen-bond donors (Lipinski definition) is 2. The number of ether oxygens (including phenoxy) is 3. The minimum atomic E-state index is -1.03. The SMILES string of the molecule is COc1ccc(OC)c2c1C[C@@H](O)c1c(OC)ccc(O)c1C2=O. The van der Waals surface area contributed by atoms with Gasteiger partial charge in [0.15, 0.2) is 0 Å². The fourth-order valence-electron chi connectivity index (χ4n) is 3.18. The van der Waals surface area contributed by atoms with Gasteiger partial charge in [-0.3, -0.25) is 4.79 Å². The van der Waals surface area contributed by atoms with Crippen LogP contribution in [0.2, 0.25) is 0 Å². The van der Waals surface area contributed by atoms with Crippen LogP contribution >= 0.6 is 0 Å². The van der Waals surface area contributed by atoms with E-state index in [1.54, 1.807) is 12.1 Å². The largest absolute Gasteiger partial charge is 0.507 e. The second-order valence-corrected chi connectivity index (χ2v) is 5.45. The number of aromatic hydroxyl groups is 1.